The lowest BCUT2D eigenvalue weighted by molar-refractivity contribution is -0.147. The summed E-state index contributed by atoms with van der Waals surface area (Å²) < 4.78 is 40.5. The van der Waals surface area contributed by atoms with Crippen molar-refractivity contribution in [2.75, 3.05) is 0 Å². The summed E-state index contributed by atoms with van der Waals surface area (Å²) in [5.41, 5.74) is 1.09. The van der Waals surface area contributed by atoms with Crippen LogP contribution in [-0.2, 0) is 24.1 Å². The Morgan fingerprint density at radius 3 is 2.37 bits per heavy atom. The minimum atomic E-state index is -4.69. The molecule has 0 spiro atoms. The molecule has 0 unspecified atom stereocenters. The quantitative estimate of drug-likeness (QED) is 0.716. The Labute approximate surface area is 151 Å². The van der Waals surface area contributed by atoms with Gasteiger partial charge in [0.15, 0.2) is 0 Å². The number of carboxylic acid groups (broad SMARTS) is 1. The van der Waals surface area contributed by atoms with Crippen molar-refractivity contribution in [3.63, 3.8) is 0 Å². The second kappa shape index (κ2) is 7.10. The Hall–Kier alpha value is -3.36. The third-order valence-corrected chi connectivity index (χ3v) is 3.90. The fraction of sp³-hybridized carbons (Fsp3) is 0.167. The van der Waals surface area contributed by atoms with Crippen LogP contribution in [0.3, 0.4) is 0 Å². The number of fused-ring (bicyclic) bond motifs is 1. The van der Waals surface area contributed by atoms with Crippen LogP contribution in [0.25, 0.3) is 11.0 Å². The van der Waals surface area contributed by atoms with Gasteiger partial charge in [0.25, 0.3) is 0 Å². The number of nitrogens with one attached hydrogen (secondary N) is 1. The normalized spacial score (nSPS) is 11.5. The summed E-state index contributed by atoms with van der Waals surface area (Å²) in [6.07, 6.45) is -4.69. The third kappa shape index (κ3) is 4.08. The molecule has 0 saturated heterocycles. The van der Waals surface area contributed by atoms with Gasteiger partial charge in [0, 0.05) is 6.54 Å². The van der Waals surface area contributed by atoms with Crippen molar-refractivity contribution in [2.45, 2.75) is 19.3 Å². The van der Waals surface area contributed by atoms with E-state index in [-0.39, 0.29) is 23.1 Å². The standard InChI is InChI=1S/C18H14F3N3O3/c19-18(20,21)17-23-13-3-1-2-4-14(13)24(17)10-15(25)22-9-11-5-7-12(8-6-11)16(26)27/h1-8H,9-10H2,(H,22,25)(H,26,27). The molecule has 0 aliphatic heterocycles. The van der Waals surface area contributed by atoms with Crippen LogP contribution < -0.4 is 5.32 Å². The van der Waals surface area contributed by atoms with E-state index in [1.165, 1.54) is 36.4 Å². The van der Waals surface area contributed by atoms with Gasteiger partial charge in [0.2, 0.25) is 11.7 Å². The van der Waals surface area contributed by atoms with E-state index >= 15 is 0 Å². The Morgan fingerprint density at radius 1 is 1.07 bits per heavy atom. The highest BCUT2D eigenvalue weighted by Gasteiger charge is 2.37. The summed E-state index contributed by atoms with van der Waals surface area (Å²) >= 11 is 0. The number of halogens is 3. The highest BCUT2D eigenvalue weighted by molar-refractivity contribution is 5.87. The van der Waals surface area contributed by atoms with E-state index in [0.29, 0.717) is 5.56 Å². The van der Waals surface area contributed by atoms with Crippen molar-refractivity contribution < 1.29 is 27.9 Å². The maximum atomic E-state index is 13.2. The highest BCUT2D eigenvalue weighted by Crippen LogP contribution is 2.31. The molecule has 2 aromatic carbocycles. The van der Waals surface area contributed by atoms with Crippen LogP contribution in [-0.4, -0.2) is 26.5 Å². The molecule has 2 N–H and O–H groups in total. The molecule has 140 valence electrons. The zero-order chi connectivity index (χ0) is 19.6. The number of carbonyl (C=O) groups excluding carboxylic acids is 1. The van der Waals surface area contributed by atoms with Gasteiger partial charge in [-0.05, 0) is 29.8 Å². The van der Waals surface area contributed by atoms with Crippen LogP contribution in [0.1, 0.15) is 21.7 Å². The predicted octanol–water partition coefficient (Wildman–Crippen LogP) is 3.07. The Morgan fingerprint density at radius 2 is 1.74 bits per heavy atom. The number of para-hydroxylation sites is 2. The number of carboxylic acids is 1. The fourth-order valence-electron chi connectivity index (χ4n) is 2.62. The maximum absolute atomic E-state index is 13.2. The topological polar surface area (TPSA) is 84.2 Å². The summed E-state index contributed by atoms with van der Waals surface area (Å²) in [5, 5.41) is 11.4. The summed E-state index contributed by atoms with van der Waals surface area (Å²) in [6.45, 7) is -0.477. The number of rotatable bonds is 5. The number of imidazole rings is 1. The first kappa shape index (κ1) is 18.4. The van der Waals surface area contributed by atoms with E-state index in [1.54, 1.807) is 12.1 Å². The molecular weight excluding hydrogens is 363 g/mol. The second-order valence-corrected chi connectivity index (χ2v) is 5.79. The minimum absolute atomic E-state index is 0.0622. The molecule has 27 heavy (non-hydrogen) atoms. The third-order valence-electron chi connectivity index (χ3n) is 3.90. The van der Waals surface area contributed by atoms with Gasteiger partial charge in [-0.2, -0.15) is 13.2 Å². The van der Waals surface area contributed by atoms with Gasteiger partial charge in [0.1, 0.15) is 6.54 Å². The van der Waals surface area contributed by atoms with E-state index in [1.807, 2.05) is 0 Å². The summed E-state index contributed by atoms with van der Waals surface area (Å²) in [7, 11) is 0. The van der Waals surface area contributed by atoms with Gasteiger partial charge >= 0.3 is 12.1 Å². The van der Waals surface area contributed by atoms with Crippen LogP contribution in [0.15, 0.2) is 48.5 Å². The minimum Gasteiger partial charge on any atom is -0.478 e. The molecule has 1 aromatic heterocycles. The lowest BCUT2D eigenvalue weighted by Gasteiger charge is -2.12. The van der Waals surface area contributed by atoms with E-state index in [4.69, 9.17) is 5.11 Å². The van der Waals surface area contributed by atoms with Crippen molar-refractivity contribution in [2.24, 2.45) is 0 Å². The van der Waals surface area contributed by atoms with Crippen LogP contribution in [0.2, 0.25) is 0 Å². The molecule has 0 fully saturated rings. The van der Waals surface area contributed by atoms with Crippen LogP contribution in [0.4, 0.5) is 13.2 Å². The molecule has 0 saturated carbocycles. The lowest BCUT2D eigenvalue weighted by atomic mass is 10.1. The number of alkyl halides is 3. The molecule has 1 amide bonds. The molecule has 6 nitrogen and oxygen atoms in total. The summed E-state index contributed by atoms with van der Waals surface area (Å²) in [5.74, 6) is -2.83. The Bertz CT molecular complexity index is 994. The smallest absolute Gasteiger partial charge is 0.449 e. The van der Waals surface area contributed by atoms with Crippen molar-refractivity contribution >= 4 is 22.9 Å². The molecular formula is C18H14F3N3O3. The molecule has 3 rings (SSSR count). The molecule has 0 radical (unpaired) electrons. The van der Waals surface area contributed by atoms with Gasteiger partial charge in [-0.3, -0.25) is 4.79 Å². The van der Waals surface area contributed by atoms with Gasteiger partial charge < -0.3 is 15.0 Å². The van der Waals surface area contributed by atoms with E-state index in [9.17, 15) is 22.8 Å². The highest BCUT2D eigenvalue weighted by atomic mass is 19.4. The molecule has 0 bridgehead atoms. The van der Waals surface area contributed by atoms with Gasteiger partial charge in [0.05, 0.1) is 16.6 Å². The van der Waals surface area contributed by atoms with Crippen molar-refractivity contribution in [3.05, 3.63) is 65.5 Å². The average Bonchev–Trinajstić information content (AvgIpc) is 2.99. The second-order valence-electron chi connectivity index (χ2n) is 5.79. The first-order valence-electron chi connectivity index (χ1n) is 7.87. The number of nitrogens with zero attached hydrogens (tertiary/aromatic N) is 2. The number of hydrogen-bond donors (Lipinski definition) is 2. The average molecular weight is 377 g/mol. The number of hydrogen-bond acceptors (Lipinski definition) is 3. The molecule has 3 aromatic rings. The first-order chi connectivity index (χ1) is 12.8. The van der Waals surface area contributed by atoms with Crippen molar-refractivity contribution in [1.29, 1.82) is 0 Å². The number of benzene rings is 2. The number of amides is 1. The monoisotopic (exact) mass is 377 g/mol. The van der Waals surface area contributed by atoms with Crippen LogP contribution in [0.5, 0.6) is 0 Å². The number of aromatic nitrogens is 2. The maximum Gasteiger partial charge on any atom is 0.449 e. The van der Waals surface area contributed by atoms with E-state index in [2.05, 4.69) is 10.3 Å². The first-order valence-corrected chi connectivity index (χ1v) is 7.87. The van der Waals surface area contributed by atoms with E-state index < -0.39 is 30.4 Å². The Kier molecular flexibility index (Phi) is 4.85. The van der Waals surface area contributed by atoms with Gasteiger partial charge in [-0.25, -0.2) is 9.78 Å². The fourth-order valence-corrected chi connectivity index (χ4v) is 2.62. The summed E-state index contributed by atoms with van der Waals surface area (Å²) in [4.78, 5) is 26.6. The zero-order valence-corrected chi connectivity index (χ0v) is 13.8. The van der Waals surface area contributed by atoms with Crippen LogP contribution in [0, 0.1) is 0 Å². The van der Waals surface area contributed by atoms with Crippen LogP contribution >= 0.6 is 0 Å². The number of carbonyl (C=O) groups is 2. The zero-order valence-electron chi connectivity index (χ0n) is 13.8. The molecule has 0 aliphatic rings. The molecule has 9 heteroatoms. The lowest BCUT2D eigenvalue weighted by Crippen LogP contribution is -2.29. The summed E-state index contributed by atoms with van der Waals surface area (Å²) in [6, 6.07) is 11.9. The SMILES string of the molecule is O=C(Cn1c(C(F)(F)F)nc2ccccc21)NCc1ccc(C(=O)O)cc1. The largest absolute Gasteiger partial charge is 0.478 e. The van der Waals surface area contributed by atoms with Gasteiger partial charge in [-0.1, -0.05) is 24.3 Å². The van der Waals surface area contributed by atoms with Crippen molar-refractivity contribution in [1.82, 2.24) is 14.9 Å². The van der Waals surface area contributed by atoms with E-state index in [0.717, 1.165) is 4.57 Å². The Balaban J connectivity index is 1.75. The van der Waals surface area contributed by atoms with Crippen molar-refractivity contribution in [3.8, 4) is 0 Å². The van der Waals surface area contributed by atoms with Gasteiger partial charge in [-0.15, -0.1) is 0 Å². The molecule has 1 heterocycles. The number of aromatic carboxylic acids is 1. The predicted molar refractivity (Wildman–Crippen MR) is 90.0 cm³/mol. The molecule has 0 aliphatic carbocycles. The molecule has 0 atom stereocenters.